The largest absolute Gasteiger partial charge is 0.399 e. The van der Waals surface area contributed by atoms with Gasteiger partial charge in [-0.25, -0.2) is 8.78 Å². The summed E-state index contributed by atoms with van der Waals surface area (Å²) in [4.78, 5) is 9.46. The molecule has 0 spiro atoms. The van der Waals surface area contributed by atoms with Crippen LogP contribution in [0.25, 0.3) is 0 Å². The number of nitro benzene ring substituents is 1. The Kier molecular flexibility index (Phi) is 4.27. The van der Waals surface area contributed by atoms with Gasteiger partial charge < -0.3 is 5.73 Å². The highest BCUT2D eigenvalue weighted by atomic mass is 32.2. The molecule has 0 amide bonds. The molecule has 0 aliphatic carbocycles. The first-order valence-corrected chi connectivity index (χ1v) is 7.06. The van der Waals surface area contributed by atoms with Crippen molar-refractivity contribution < 1.29 is 17.9 Å². The van der Waals surface area contributed by atoms with Crippen LogP contribution in [0, 0.1) is 21.7 Å². The van der Waals surface area contributed by atoms with Crippen molar-refractivity contribution in [2.45, 2.75) is 10.6 Å². The lowest BCUT2D eigenvalue weighted by Crippen LogP contribution is -2.04. The van der Waals surface area contributed by atoms with E-state index >= 15 is 0 Å². The van der Waals surface area contributed by atoms with Gasteiger partial charge >= 0.3 is 0 Å². The molecule has 0 aromatic heterocycles. The molecular formula is C13H10F2N2O3S. The maximum absolute atomic E-state index is 13.7. The number of nitrogens with two attached hydrogens (primary N) is 1. The Morgan fingerprint density at radius 3 is 2.38 bits per heavy atom. The van der Waals surface area contributed by atoms with Crippen LogP contribution in [0.4, 0.5) is 20.2 Å². The third-order valence-electron chi connectivity index (χ3n) is 2.67. The van der Waals surface area contributed by atoms with E-state index in [0.717, 1.165) is 12.1 Å². The third kappa shape index (κ3) is 3.40. The van der Waals surface area contributed by atoms with Gasteiger partial charge in [0.1, 0.15) is 16.5 Å². The van der Waals surface area contributed by atoms with Gasteiger partial charge in [0, 0.05) is 17.8 Å². The minimum Gasteiger partial charge on any atom is -0.399 e. The van der Waals surface area contributed by atoms with Gasteiger partial charge in [-0.2, -0.15) is 0 Å². The number of nitro groups is 1. The van der Waals surface area contributed by atoms with Gasteiger partial charge in [0.2, 0.25) is 0 Å². The molecule has 2 rings (SSSR count). The molecule has 0 saturated carbocycles. The molecule has 1 unspecified atom stereocenters. The summed E-state index contributed by atoms with van der Waals surface area (Å²) < 4.78 is 39.4. The Hall–Kier alpha value is -2.35. The fraction of sp³-hybridized carbons (Fsp3) is 0.0769. The van der Waals surface area contributed by atoms with E-state index in [1.165, 1.54) is 24.3 Å². The van der Waals surface area contributed by atoms with Crippen molar-refractivity contribution in [3.05, 3.63) is 63.7 Å². The maximum atomic E-state index is 13.7. The normalized spacial score (nSPS) is 12.1. The number of benzene rings is 2. The van der Waals surface area contributed by atoms with Crippen molar-refractivity contribution in [2.24, 2.45) is 0 Å². The fourth-order valence-electron chi connectivity index (χ4n) is 1.78. The smallest absolute Gasteiger partial charge is 0.269 e. The van der Waals surface area contributed by atoms with Crippen LogP contribution in [-0.2, 0) is 16.6 Å². The summed E-state index contributed by atoms with van der Waals surface area (Å²) in [7, 11) is -2.02. The molecule has 0 aliphatic rings. The second-order valence-electron chi connectivity index (χ2n) is 4.23. The first kappa shape index (κ1) is 15.0. The summed E-state index contributed by atoms with van der Waals surface area (Å²) in [5.74, 6) is -2.24. The van der Waals surface area contributed by atoms with E-state index in [0.29, 0.717) is 5.56 Å². The minimum atomic E-state index is -2.02. The number of non-ortho nitro benzene ring substituents is 1. The van der Waals surface area contributed by atoms with Crippen molar-refractivity contribution in [1.29, 1.82) is 0 Å². The predicted molar refractivity (Wildman–Crippen MR) is 74.0 cm³/mol. The van der Waals surface area contributed by atoms with E-state index in [2.05, 4.69) is 0 Å². The highest BCUT2D eigenvalue weighted by Crippen LogP contribution is 2.23. The van der Waals surface area contributed by atoms with Crippen molar-refractivity contribution in [3.8, 4) is 0 Å². The topological polar surface area (TPSA) is 86.2 Å². The molecule has 0 saturated heterocycles. The van der Waals surface area contributed by atoms with Crippen molar-refractivity contribution in [3.63, 3.8) is 0 Å². The third-order valence-corrected chi connectivity index (χ3v) is 4.11. The highest BCUT2D eigenvalue weighted by Gasteiger charge is 2.18. The number of nitrogen functional groups attached to an aromatic ring is 1. The lowest BCUT2D eigenvalue weighted by Gasteiger charge is -2.06. The summed E-state index contributed by atoms with van der Waals surface area (Å²) in [6.07, 6.45) is 0. The SMILES string of the molecule is Nc1cc(F)c(S(=O)Cc2cccc([N+](=O)[O-])c2)c(F)c1. The Bertz CT molecular complexity index is 714. The van der Waals surface area contributed by atoms with E-state index in [4.69, 9.17) is 5.73 Å². The highest BCUT2D eigenvalue weighted by molar-refractivity contribution is 7.84. The van der Waals surface area contributed by atoms with Gasteiger partial charge in [-0.05, 0) is 17.7 Å². The molecule has 1 atom stereocenters. The molecule has 2 N–H and O–H groups in total. The quantitative estimate of drug-likeness (QED) is 0.534. The van der Waals surface area contributed by atoms with Gasteiger partial charge in [0.15, 0.2) is 0 Å². The molecule has 2 aromatic rings. The zero-order valence-electron chi connectivity index (χ0n) is 10.6. The first-order valence-electron chi connectivity index (χ1n) is 5.74. The van der Waals surface area contributed by atoms with E-state index in [9.17, 15) is 23.1 Å². The number of hydrogen-bond acceptors (Lipinski definition) is 4. The van der Waals surface area contributed by atoms with Crippen LogP contribution in [-0.4, -0.2) is 9.13 Å². The molecule has 8 heteroatoms. The van der Waals surface area contributed by atoms with Gasteiger partial charge in [-0.3, -0.25) is 14.3 Å². The monoisotopic (exact) mass is 312 g/mol. The van der Waals surface area contributed by atoms with Crippen molar-refractivity contribution in [1.82, 2.24) is 0 Å². The second-order valence-corrected chi connectivity index (χ2v) is 5.62. The molecule has 5 nitrogen and oxygen atoms in total. The molecule has 2 aromatic carbocycles. The molecular weight excluding hydrogens is 302 g/mol. The van der Waals surface area contributed by atoms with Crippen LogP contribution >= 0.6 is 0 Å². The molecule has 0 bridgehead atoms. The van der Waals surface area contributed by atoms with Gasteiger partial charge in [-0.1, -0.05) is 12.1 Å². The summed E-state index contributed by atoms with van der Waals surface area (Å²) in [6, 6.07) is 7.16. The number of nitrogens with zero attached hydrogens (tertiary/aromatic N) is 1. The second kappa shape index (κ2) is 5.96. The molecule has 0 radical (unpaired) electrons. The Morgan fingerprint density at radius 2 is 1.81 bits per heavy atom. The zero-order chi connectivity index (χ0) is 15.6. The average Bonchev–Trinajstić information content (AvgIpc) is 2.37. The molecule has 0 aliphatic heterocycles. The van der Waals surface area contributed by atoms with E-state index in [1.807, 2.05) is 0 Å². The first-order chi connectivity index (χ1) is 9.88. The Morgan fingerprint density at radius 1 is 1.19 bits per heavy atom. The molecule has 110 valence electrons. The Labute approximate surface area is 121 Å². The lowest BCUT2D eigenvalue weighted by atomic mass is 10.2. The van der Waals surface area contributed by atoms with E-state index in [1.54, 1.807) is 0 Å². The average molecular weight is 312 g/mol. The van der Waals surface area contributed by atoms with E-state index in [-0.39, 0.29) is 17.1 Å². The fourth-order valence-corrected chi connectivity index (χ4v) is 2.96. The predicted octanol–water partition coefficient (Wildman–Crippen LogP) is 2.76. The van der Waals surface area contributed by atoms with Crippen LogP contribution in [0.5, 0.6) is 0 Å². The maximum Gasteiger partial charge on any atom is 0.269 e. The van der Waals surface area contributed by atoms with Crippen molar-refractivity contribution >= 4 is 22.2 Å². The van der Waals surface area contributed by atoms with Crippen LogP contribution in [0.2, 0.25) is 0 Å². The number of halogens is 2. The molecule has 21 heavy (non-hydrogen) atoms. The summed E-state index contributed by atoms with van der Waals surface area (Å²) >= 11 is 0. The van der Waals surface area contributed by atoms with Crippen LogP contribution in [0.3, 0.4) is 0 Å². The Balaban J connectivity index is 2.30. The van der Waals surface area contributed by atoms with Gasteiger partial charge in [-0.15, -0.1) is 0 Å². The van der Waals surface area contributed by atoms with E-state index < -0.39 is 32.3 Å². The summed E-state index contributed by atoms with van der Waals surface area (Å²) in [5, 5.41) is 10.7. The number of hydrogen-bond donors (Lipinski definition) is 1. The van der Waals surface area contributed by atoms with Crippen LogP contribution in [0.15, 0.2) is 41.3 Å². The van der Waals surface area contributed by atoms with Gasteiger partial charge in [0.25, 0.3) is 5.69 Å². The zero-order valence-corrected chi connectivity index (χ0v) is 11.4. The minimum absolute atomic E-state index is 0.110. The standard InChI is InChI=1S/C13H10F2N2O3S/c14-11-5-9(16)6-12(15)13(11)21(20)7-8-2-1-3-10(4-8)17(18)19/h1-6H,7,16H2. The number of anilines is 1. The molecule has 0 heterocycles. The van der Waals surface area contributed by atoms with Crippen LogP contribution < -0.4 is 5.73 Å². The summed E-state index contributed by atoms with van der Waals surface area (Å²) in [5.41, 5.74) is 5.34. The number of rotatable bonds is 4. The molecule has 0 fully saturated rings. The summed E-state index contributed by atoms with van der Waals surface area (Å²) in [6.45, 7) is 0. The lowest BCUT2D eigenvalue weighted by molar-refractivity contribution is -0.384. The van der Waals surface area contributed by atoms with Gasteiger partial charge in [0.05, 0.1) is 21.5 Å². The van der Waals surface area contributed by atoms with Crippen LogP contribution in [0.1, 0.15) is 5.56 Å². The van der Waals surface area contributed by atoms with Crippen molar-refractivity contribution in [2.75, 3.05) is 5.73 Å².